The Morgan fingerprint density at radius 1 is 1.24 bits per heavy atom. The minimum absolute atomic E-state index is 0.143. The first-order valence-electron chi connectivity index (χ1n) is 6.21. The third-order valence-electron chi connectivity index (χ3n) is 3.18. The van der Waals surface area contributed by atoms with E-state index in [0.717, 1.165) is 10.4 Å². The van der Waals surface area contributed by atoms with E-state index in [1.54, 1.807) is 0 Å². The van der Waals surface area contributed by atoms with Crippen LogP contribution in [0.2, 0.25) is 0 Å². The van der Waals surface area contributed by atoms with Crippen LogP contribution in [0.5, 0.6) is 0 Å². The molecule has 1 amide bonds. The van der Waals surface area contributed by atoms with Crippen LogP contribution in [-0.2, 0) is 16.6 Å². The largest absolute Gasteiger partial charge is 0.366 e. The van der Waals surface area contributed by atoms with Crippen molar-refractivity contribution < 1.29 is 13.2 Å². The lowest BCUT2D eigenvalue weighted by molar-refractivity contribution is 0.1000. The number of hydrogen-bond donors (Lipinski definition) is 1. The van der Waals surface area contributed by atoms with Gasteiger partial charge in [0, 0.05) is 24.0 Å². The van der Waals surface area contributed by atoms with E-state index in [1.807, 2.05) is 18.4 Å². The van der Waals surface area contributed by atoms with Crippen molar-refractivity contribution in [2.24, 2.45) is 5.73 Å². The van der Waals surface area contributed by atoms with E-state index in [9.17, 15) is 13.2 Å². The summed E-state index contributed by atoms with van der Waals surface area (Å²) >= 11 is 1.53. The molecule has 2 N–H and O–H groups in total. The third kappa shape index (κ3) is 3.31. The van der Waals surface area contributed by atoms with Crippen LogP contribution in [0.15, 0.2) is 40.6 Å². The molecule has 0 aliphatic carbocycles. The van der Waals surface area contributed by atoms with Gasteiger partial charge in [0.2, 0.25) is 15.9 Å². The van der Waals surface area contributed by atoms with E-state index in [4.69, 9.17) is 5.73 Å². The second-order valence-electron chi connectivity index (χ2n) is 4.68. The maximum Gasteiger partial charge on any atom is 0.248 e. The Hall–Kier alpha value is -1.70. The Labute approximate surface area is 128 Å². The smallest absolute Gasteiger partial charge is 0.248 e. The highest BCUT2D eigenvalue weighted by Gasteiger charge is 2.22. The van der Waals surface area contributed by atoms with E-state index in [0.29, 0.717) is 6.54 Å². The summed E-state index contributed by atoms with van der Waals surface area (Å²) in [6.07, 6.45) is 0. The normalized spacial score (nSPS) is 11.8. The summed E-state index contributed by atoms with van der Waals surface area (Å²) in [7, 11) is -2.05. The summed E-state index contributed by atoms with van der Waals surface area (Å²) in [4.78, 5) is 12.2. The van der Waals surface area contributed by atoms with Gasteiger partial charge in [0.1, 0.15) is 0 Å². The van der Waals surface area contributed by atoms with Crippen LogP contribution >= 0.6 is 11.3 Å². The molecule has 21 heavy (non-hydrogen) atoms. The fourth-order valence-electron chi connectivity index (χ4n) is 1.82. The fourth-order valence-corrected chi connectivity index (χ4v) is 4.00. The van der Waals surface area contributed by atoms with E-state index >= 15 is 0 Å². The van der Waals surface area contributed by atoms with Crippen molar-refractivity contribution in [3.8, 4) is 0 Å². The second-order valence-corrected chi connectivity index (χ2v) is 7.72. The average molecular weight is 324 g/mol. The molecule has 1 heterocycles. The zero-order valence-corrected chi connectivity index (χ0v) is 13.4. The van der Waals surface area contributed by atoms with Gasteiger partial charge in [-0.2, -0.15) is 4.31 Å². The molecule has 0 spiro atoms. The maximum atomic E-state index is 12.5. The predicted octanol–water partition coefficient (Wildman–Crippen LogP) is 1.98. The maximum absolute atomic E-state index is 12.5. The molecule has 0 saturated carbocycles. The summed E-state index contributed by atoms with van der Waals surface area (Å²) in [5.74, 6) is -0.582. The summed E-state index contributed by atoms with van der Waals surface area (Å²) in [5, 5.41) is 1.94. The zero-order chi connectivity index (χ0) is 15.6. The molecule has 1 aromatic carbocycles. The van der Waals surface area contributed by atoms with Crippen LogP contribution in [0.4, 0.5) is 0 Å². The first-order chi connectivity index (χ1) is 9.82. The van der Waals surface area contributed by atoms with E-state index in [2.05, 4.69) is 0 Å². The number of carbonyl (C=O) groups is 1. The Morgan fingerprint density at radius 3 is 2.33 bits per heavy atom. The molecule has 0 bridgehead atoms. The number of hydrogen-bond acceptors (Lipinski definition) is 4. The number of primary amides is 1. The predicted molar refractivity (Wildman–Crippen MR) is 82.7 cm³/mol. The lowest BCUT2D eigenvalue weighted by Gasteiger charge is -2.17. The highest BCUT2D eigenvalue weighted by molar-refractivity contribution is 7.89. The molecular formula is C14H16N2O3S2. The van der Waals surface area contributed by atoms with Gasteiger partial charge in [-0.1, -0.05) is 0 Å². The summed E-state index contributed by atoms with van der Waals surface area (Å²) in [5.41, 5.74) is 6.50. The molecule has 112 valence electrons. The molecule has 0 unspecified atom stereocenters. The molecular weight excluding hydrogens is 308 g/mol. The van der Waals surface area contributed by atoms with Gasteiger partial charge in [-0.15, -0.1) is 11.3 Å². The quantitative estimate of drug-likeness (QED) is 0.913. The highest BCUT2D eigenvalue weighted by atomic mass is 32.2. The van der Waals surface area contributed by atoms with Crippen molar-refractivity contribution in [1.29, 1.82) is 0 Å². The molecule has 0 atom stereocenters. The van der Waals surface area contributed by atoms with Gasteiger partial charge in [0.15, 0.2) is 0 Å². The molecule has 0 fully saturated rings. The van der Waals surface area contributed by atoms with Crippen molar-refractivity contribution in [2.75, 3.05) is 7.05 Å². The number of amides is 1. The van der Waals surface area contributed by atoms with Crippen molar-refractivity contribution in [3.05, 3.63) is 51.7 Å². The minimum Gasteiger partial charge on any atom is -0.366 e. The molecule has 2 rings (SSSR count). The Morgan fingerprint density at radius 2 is 1.86 bits per heavy atom. The number of aryl methyl sites for hydroxylation is 1. The molecule has 0 saturated heterocycles. The van der Waals surface area contributed by atoms with Crippen molar-refractivity contribution in [1.82, 2.24) is 4.31 Å². The zero-order valence-electron chi connectivity index (χ0n) is 11.7. The summed E-state index contributed by atoms with van der Waals surface area (Å²) in [6, 6.07) is 7.58. The van der Waals surface area contributed by atoms with Crippen molar-refractivity contribution >= 4 is 27.3 Å². The average Bonchev–Trinajstić information content (AvgIpc) is 2.84. The number of carbonyl (C=O) groups excluding carboxylic acids is 1. The highest BCUT2D eigenvalue weighted by Crippen LogP contribution is 2.22. The van der Waals surface area contributed by atoms with Gasteiger partial charge in [0.05, 0.1) is 4.90 Å². The number of nitrogens with zero attached hydrogens (tertiary/aromatic N) is 1. The lowest BCUT2D eigenvalue weighted by atomic mass is 10.2. The Kier molecular flexibility index (Phi) is 4.46. The number of rotatable bonds is 5. The van der Waals surface area contributed by atoms with Crippen LogP contribution in [0.3, 0.4) is 0 Å². The van der Waals surface area contributed by atoms with Crippen molar-refractivity contribution in [3.63, 3.8) is 0 Å². The third-order valence-corrected chi connectivity index (χ3v) is 6.01. The second kappa shape index (κ2) is 5.97. The van der Waals surface area contributed by atoms with Gasteiger partial charge in [-0.05, 0) is 48.2 Å². The van der Waals surface area contributed by atoms with E-state index in [1.165, 1.54) is 47.0 Å². The number of benzene rings is 1. The van der Waals surface area contributed by atoms with Crippen LogP contribution in [0, 0.1) is 6.92 Å². The number of thiophene rings is 1. The summed E-state index contributed by atoms with van der Waals surface area (Å²) in [6.45, 7) is 2.28. The molecule has 1 aromatic heterocycles. The molecule has 2 aromatic rings. The molecule has 0 radical (unpaired) electrons. The SMILES string of the molecule is Cc1ccsc1CN(C)S(=O)(=O)c1ccc(C(N)=O)cc1. The van der Waals surface area contributed by atoms with Gasteiger partial charge in [-0.3, -0.25) is 4.79 Å². The standard InChI is InChI=1S/C14H16N2O3S2/c1-10-7-8-20-13(10)9-16(2)21(18,19)12-5-3-11(4-6-12)14(15)17/h3-8H,9H2,1-2H3,(H2,15,17). The number of sulfonamides is 1. The van der Waals surface area contributed by atoms with Gasteiger partial charge in [-0.25, -0.2) is 8.42 Å². The number of nitrogens with two attached hydrogens (primary N) is 1. The summed E-state index contributed by atoms with van der Waals surface area (Å²) < 4.78 is 26.2. The topological polar surface area (TPSA) is 80.5 Å². The van der Waals surface area contributed by atoms with E-state index < -0.39 is 15.9 Å². The van der Waals surface area contributed by atoms with Gasteiger partial charge < -0.3 is 5.73 Å². The monoisotopic (exact) mass is 324 g/mol. The molecule has 5 nitrogen and oxygen atoms in total. The molecule has 0 aliphatic heterocycles. The first-order valence-corrected chi connectivity index (χ1v) is 8.53. The van der Waals surface area contributed by atoms with Gasteiger partial charge >= 0.3 is 0 Å². The Bertz CT molecular complexity index is 749. The minimum atomic E-state index is -3.59. The lowest BCUT2D eigenvalue weighted by Crippen LogP contribution is -2.26. The molecule has 0 aliphatic rings. The van der Waals surface area contributed by atoms with Crippen LogP contribution in [0.1, 0.15) is 20.8 Å². The van der Waals surface area contributed by atoms with Crippen LogP contribution in [-0.4, -0.2) is 25.7 Å². The fraction of sp³-hybridized carbons (Fsp3) is 0.214. The van der Waals surface area contributed by atoms with Crippen LogP contribution < -0.4 is 5.73 Å². The molecule has 7 heteroatoms. The van der Waals surface area contributed by atoms with Crippen molar-refractivity contribution in [2.45, 2.75) is 18.4 Å². The van der Waals surface area contributed by atoms with Crippen LogP contribution in [0.25, 0.3) is 0 Å². The van der Waals surface area contributed by atoms with Gasteiger partial charge in [0.25, 0.3) is 0 Å². The first kappa shape index (κ1) is 15.7. The van der Waals surface area contributed by atoms with E-state index in [-0.39, 0.29) is 10.5 Å². The Balaban J connectivity index is 2.24.